The van der Waals surface area contributed by atoms with Crippen molar-refractivity contribution in [3.8, 4) is 12.3 Å². The van der Waals surface area contributed by atoms with Crippen molar-refractivity contribution in [2.45, 2.75) is 19.3 Å². The first-order valence-corrected chi connectivity index (χ1v) is 6.94. The smallest absolute Gasteiger partial charge is 0.227 e. The summed E-state index contributed by atoms with van der Waals surface area (Å²) in [4.78, 5) is 14.0. The van der Waals surface area contributed by atoms with Gasteiger partial charge in [0, 0.05) is 11.0 Å². The first-order chi connectivity index (χ1) is 8.69. The standard InChI is InChI=1S/C15H16BrNO/c1-2-9-17(11-13-3-4-13)15(18)10-12-5-7-14(16)8-6-12/h1,5-8,13H,3-4,9-11H2. The van der Waals surface area contributed by atoms with Crippen molar-refractivity contribution in [2.24, 2.45) is 5.92 Å². The molecule has 1 aromatic rings. The lowest BCUT2D eigenvalue weighted by molar-refractivity contribution is -0.130. The molecule has 0 atom stereocenters. The molecule has 1 aliphatic rings. The molecule has 0 N–H and O–H groups in total. The van der Waals surface area contributed by atoms with Crippen molar-refractivity contribution in [2.75, 3.05) is 13.1 Å². The second-order valence-electron chi connectivity index (χ2n) is 4.73. The number of hydrogen-bond acceptors (Lipinski definition) is 1. The van der Waals surface area contributed by atoms with Crippen molar-refractivity contribution >= 4 is 21.8 Å². The summed E-state index contributed by atoms with van der Waals surface area (Å²) in [5.41, 5.74) is 1.03. The lowest BCUT2D eigenvalue weighted by Crippen LogP contribution is -2.34. The fraction of sp³-hybridized carbons (Fsp3) is 0.400. The highest BCUT2D eigenvalue weighted by Gasteiger charge is 2.26. The summed E-state index contributed by atoms with van der Waals surface area (Å²) in [6.45, 7) is 1.24. The zero-order chi connectivity index (χ0) is 13.0. The van der Waals surface area contributed by atoms with E-state index in [4.69, 9.17) is 6.42 Å². The van der Waals surface area contributed by atoms with Crippen LogP contribution in [0.1, 0.15) is 18.4 Å². The minimum Gasteiger partial charge on any atom is -0.331 e. The van der Waals surface area contributed by atoms with Gasteiger partial charge in [0.25, 0.3) is 0 Å². The highest BCUT2D eigenvalue weighted by molar-refractivity contribution is 9.10. The number of halogens is 1. The molecule has 0 aromatic heterocycles. The summed E-state index contributed by atoms with van der Waals surface area (Å²) in [5.74, 6) is 3.37. The van der Waals surface area contributed by atoms with E-state index in [0.29, 0.717) is 18.9 Å². The maximum Gasteiger partial charge on any atom is 0.227 e. The number of carbonyl (C=O) groups is 1. The minimum absolute atomic E-state index is 0.127. The Morgan fingerprint density at radius 3 is 2.61 bits per heavy atom. The fourth-order valence-electron chi connectivity index (χ4n) is 1.87. The molecule has 18 heavy (non-hydrogen) atoms. The van der Waals surface area contributed by atoms with Gasteiger partial charge < -0.3 is 4.90 Å². The van der Waals surface area contributed by atoms with Gasteiger partial charge in [-0.15, -0.1) is 6.42 Å². The van der Waals surface area contributed by atoms with Gasteiger partial charge in [0.05, 0.1) is 13.0 Å². The predicted octanol–water partition coefficient (Wildman–Crippen LogP) is 2.86. The molecule has 1 saturated carbocycles. The third-order valence-corrected chi connectivity index (χ3v) is 3.61. The fourth-order valence-corrected chi connectivity index (χ4v) is 2.13. The summed E-state index contributed by atoms with van der Waals surface area (Å²) in [6.07, 6.45) is 8.22. The van der Waals surface area contributed by atoms with Crippen molar-refractivity contribution < 1.29 is 4.79 Å². The third-order valence-electron chi connectivity index (χ3n) is 3.08. The number of hydrogen-bond donors (Lipinski definition) is 0. The van der Waals surface area contributed by atoms with Gasteiger partial charge in [-0.05, 0) is 36.5 Å². The zero-order valence-corrected chi connectivity index (χ0v) is 11.8. The van der Waals surface area contributed by atoms with Gasteiger partial charge in [0.1, 0.15) is 0 Å². The van der Waals surface area contributed by atoms with Gasteiger partial charge in [-0.2, -0.15) is 0 Å². The van der Waals surface area contributed by atoms with Crippen LogP contribution in [0.15, 0.2) is 28.7 Å². The molecule has 94 valence electrons. The SMILES string of the molecule is C#CCN(CC1CC1)C(=O)Cc1ccc(Br)cc1. The molecule has 0 spiro atoms. The second kappa shape index (κ2) is 6.06. The molecule has 0 unspecified atom stereocenters. The van der Waals surface area contributed by atoms with Gasteiger partial charge in [0.15, 0.2) is 0 Å². The highest BCUT2D eigenvalue weighted by atomic mass is 79.9. The molecule has 0 heterocycles. The van der Waals surface area contributed by atoms with E-state index in [1.54, 1.807) is 4.90 Å². The van der Waals surface area contributed by atoms with Crippen molar-refractivity contribution in [3.63, 3.8) is 0 Å². The van der Waals surface area contributed by atoms with Crippen LogP contribution in [-0.2, 0) is 11.2 Å². The van der Waals surface area contributed by atoms with E-state index in [1.165, 1.54) is 12.8 Å². The quantitative estimate of drug-likeness (QED) is 0.766. The van der Waals surface area contributed by atoms with E-state index in [2.05, 4.69) is 21.9 Å². The summed E-state index contributed by atoms with van der Waals surface area (Å²) in [6, 6.07) is 7.84. The van der Waals surface area contributed by atoms with Crippen molar-refractivity contribution in [3.05, 3.63) is 34.3 Å². The van der Waals surface area contributed by atoms with E-state index < -0.39 is 0 Å². The van der Waals surface area contributed by atoms with Crippen LogP contribution < -0.4 is 0 Å². The molecule has 1 aromatic carbocycles. The number of carbonyl (C=O) groups excluding carboxylic acids is 1. The predicted molar refractivity (Wildman–Crippen MR) is 76.0 cm³/mol. The number of benzene rings is 1. The van der Waals surface area contributed by atoms with E-state index in [-0.39, 0.29) is 5.91 Å². The van der Waals surface area contributed by atoms with Gasteiger partial charge in [-0.25, -0.2) is 0 Å². The minimum atomic E-state index is 0.127. The molecule has 0 saturated heterocycles. The van der Waals surface area contributed by atoms with Crippen LogP contribution in [0.2, 0.25) is 0 Å². The largest absolute Gasteiger partial charge is 0.331 e. The van der Waals surface area contributed by atoms with Crippen LogP contribution in [0.4, 0.5) is 0 Å². The van der Waals surface area contributed by atoms with Gasteiger partial charge in [-0.1, -0.05) is 34.0 Å². The van der Waals surface area contributed by atoms with Crippen LogP contribution in [0.3, 0.4) is 0 Å². The molecule has 0 radical (unpaired) electrons. The molecule has 0 bridgehead atoms. The van der Waals surface area contributed by atoms with E-state index in [0.717, 1.165) is 16.6 Å². The van der Waals surface area contributed by atoms with Crippen molar-refractivity contribution in [1.82, 2.24) is 4.90 Å². The van der Waals surface area contributed by atoms with Crippen LogP contribution in [0.5, 0.6) is 0 Å². The third kappa shape index (κ3) is 3.89. The van der Waals surface area contributed by atoms with Crippen LogP contribution in [0, 0.1) is 18.3 Å². The molecule has 3 heteroatoms. The summed E-state index contributed by atoms with van der Waals surface area (Å²) in [7, 11) is 0. The Morgan fingerprint density at radius 1 is 1.39 bits per heavy atom. The topological polar surface area (TPSA) is 20.3 Å². The van der Waals surface area contributed by atoms with E-state index in [1.807, 2.05) is 24.3 Å². The van der Waals surface area contributed by atoms with E-state index in [9.17, 15) is 4.79 Å². The Hall–Kier alpha value is -1.27. The molecule has 1 fully saturated rings. The number of amides is 1. The number of nitrogens with zero attached hydrogens (tertiary/aromatic N) is 1. The van der Waals surface area contributed by atoms with Crippen molar-refractivity contribution in [1.29, 1.82) is 0 Å². The first kappa shape index (κ1) is 13.2. The van der Waals surface area contributed by atoms with E-state index >= 15 is 0 Å². The van der Waals surface area contributed by atoms with Crippen LogP contribution in [-0.4, -0.2) is 23.9 Å². The monoisotopic (exact) mass is 305 g/mol. The van der Waals surface area contributed by atoms with Crippen LogP contribution in [0.25, 0.3) is 0 Å². The highest BCUT2D eigenvalue weighted by Crippen LogP contribution is 2.29. The van der Waals surface area contributed by atoms with Crippen LogP contribution >= 0.6 is 15.9 Å². The Balaban J connectivity index is 1.95. The average Bonchev–Trinajstić information content (AvgIpc) is 3.15. The maximum atomic E-state index is 12.2. The molecule has 1 aliphatic carbocycles. The van der Waals surface area contributed by atoms with Gasteiger partial charge >= 0.3 is 0 Å². The number of rotatable bonds is 5. The summed E-state index contributed by atoms with van der Waals surface area (Å²) >= 11 is 3.38. The molecular formula is C15H16BrNO. The molecule has 2 nitrogen and oxygen atoms in total. The van der Waals surface area contributed by atoms with Gasteiger partial charge in [-0.3, -0.25) is 4.79 Å². The maximum absolute atomic E-state index is 12.2. The zero-order valence-electron chi connectivity index (χ0n) is 10.2. The Labute approximate surface area is 116 Å². The second-order valence-corrected chi connectivity index (χ2v) is 5.64. The Kier molecular flexibility index (Phi) is 4.43. The number of terminal acetylenes is 1. The molecule has 1 amide bonds. The lowest BCUT2D eigenvalue weighted by atomic mass is 10.1. The summed E-state index contributed by atoms with van der Waals surface area (Å²) in [5, 5.41) is 0. The lowest BCUT2D eigenvalue weighted by Gasteiger charge is -2.20. The average molecular weight is 306 g/mol. The van der Waals surface area contributed by atoms with Gasteiger partial charge in [0.2, 0.25) is 5.91 Å². The molecule has 2 rings (SSSR count). The molecule has 0 aliphatic heterocycles. The first-order valence-electron chi connectivity index (χ1n) is 6.14. The normalized spacial score (nSPS) is 14.0. The molecular weight excluding hydrogens is 290 g/mol. The Morgan fingerprint density at radius 2 is 2.06 bits per heavy atom. The Bertz CT molecular complexity index is 456. The summed E-state index contributed by atoms with van der Waals surface area (Å²) < 4.78 is 1.03.